The second-order valence-corrected chi connectivity index (χ2v) is 11.4. The summed E-state index contributed by atoms with van der Waals surface area (Å²) in [6.07, 6.45) is 1.60. The van der Waals surface area contributed by atoms with Crippen LogP contribution in [0.15, 0.2) is 48.5 Å². The summed E-state index contributed by atoms with van der Waals surface area (Å²) >= 11 is 0. The van der Waals surface area contributed by atoms with E-state index in [1.807, 2.05) is 41.0 Å². The Morgan fingerprint density at radius 3 is 2.66 bits per heavy atom. The zero-order valence-corrected chi connectivity index (χ0v) is 23.2. The summed E-state index contributed by atoms with van der Waals surface area (Å²) in [6, 6.07) is 15.0. The van der Waals surface area contributed by atoms with Crippen LogP contribution in [0.2, 0.25) is 0 Å². The fourth-order valence-corrected chi connectivity index (χ4v) is 6.28. The number of hydrogen-bond donors (Lipinski definition) is 6. The first-order valence-electron chi connectivity index (χ1n) is 14.1. The number of phenolic OH excluding ortho intramolecular Hbond substituents is 1. The molecule has 41 heavy (non-hydrogen) atoms. The van der Waals surface area contributed by atoms with Crippen molar-refractivity contribution in [1.82, 2.24) is 14.9 Å². The lowest BCUT2D eigenvalue weighted by Gasteiger charge is -2.33. The maximum atomic E-state index is 12.6. The van der Waals surface area contributed by atoms with Crippen LogP contribution < -0.4 is 16.5 Å². The van der Waals surface area contributed by atoms with E-state index in [9.17, 15) is 20.1 Å². The lowest BCUT2D eigenvalue weighted by Crippen LogP contribution is -2.50. The third-order valence-corrected chi connectivity index (χ3v) is 8.88. The molecule has 2 aliphatic heterocycles. The Labute approximate surface area is 237 Å². The van der Waals surface area contributed by atoms with Gasteiger partial charge >= 0.3 is 0 Å². The Bertz CT molecular complexity index is 1740. The van der Waals surface area contributed by atoms with Crippen LogP contribution in [-0.4, -0.2) is 36.9 Å². The van der Waals surface area contributed by atoms with Crippen molar-refractivity contribution in [3.05, 3.63) is 81.8 Å². The Kier molecular flexibility index (Phi) is 6.59. The van der Waals surface area contributed by atoms with Crippen molar-refractivity contribution in [2.24, 2.45) is 5.92 Å². The second-order valence-electron chi connectivity index (χ2n) is 11.4. The van der Waals surface area contributed by atoms with Crippen LogP contribution in [0, 0.1) is 11.3 Å². The Morgan fingerprint density at radius 2 is 1.95 bits per heavy atom. The molecular weight excluding hydrogens is 518 g/mol. The number of carbonyl (C=O) groups excluding carboxylic acids is 1. The topological polar surface area (TPSA) is 157 Å². The normalized spacial score (nSPS) is 18.9. The van der Waals surface area contributed by atoms with Crippen LogP contribution in [0.4, 0.5) is 5.69 Å². The highest BCUT2D eigenvalue weighted by molar-refractivity contribution is 5.90. The van der Waals surface area contributed by atoms with Crippen molar-refractivity contribution in [1.29, 1.82) is 5.41 Å². The van der Waals surface area contributed by atoms with E-state index in [0.29, 0.717) is 46.7 Å². The van der Waals surface area contributed by atoms with Crippen LogP contribution in [-0.2, 0) is 36.3 Å². The molecule has 3 atom stereocenters. The third kappa shape index (κ3) is 4.45. The van der Waals surface area contributed by atoms with Crippen molar-refractivity contribution < 1.29 is 20.1 Å². The van der Waals surface area contributed by atoms with E-state index in [-0.39, 0.29) is 30.1 Å². The Hall–Kier alpha value is -4.21. The summed E-state index contributed by atoms with van der Waals surface area (Å²) in [6.45, 7) is 4.15. The van der Waals surface area contributed by atoms with Gasteiger partial charge in [0.2, 0.25) is 0 Å². The number of amides is 1. The minimum absolute atomic E-state index is 0.0905. The van der Waals surface area contributed by atoms with Gasteiger partial charge in [0.1, 0.15) is 11.2 Å². The average molecular weight is 554 g/mol. The van der Waals surface area contributed by atoms with E-state index in [4.69, 9.17) is 16.1 Å². The average Bonchev–Trinajstić information content (AvgIpc) is 3.32. The molecule has 1 amide bonds. The van der Waals surface area contributed by atoms with Gasteiger partial charge in [0.15, 0.2) is 5.60 Å². The maximum absolute atomic E-state index is 12.6. The summed E-state index contributed by atoms with van der Waals surface area (Å²) in [5, 5.41) is 45.3. The molecule has 0 radical (unpaired) electrons. The molecule has 2 unspecified atom stereocenters. The van der Waals surface area contributed by atoms with Gasteiger partial charge in [-0.15, -0.1) is 0 Å². The lowest BCUT2D eigenvalue weighted by atomic mass is 9.84. The number of aromatic nitrogens is 2. The number of nitrogens with zero attached hydrogens (tertiary/aromatic N) is 2. The molecule has 0 saturated carbocycles. The molecule has 2 aliphatic rings. The number of anilines is 1. The smallest absolute Gasteiger partial charge is 0.256 e. The van der Waals surface area contributed by atoms with Crippen LogP contribution in [0.5, 0.6) is 5.75 Å². The summed E-state index contributed by atoms with van der Waals surface area (Å²) in [5.41, 5.74) is 11.0. The van der Waals surface area contributed by atoms with E-state index < -0.39 is 17.6 Å². The first kappa shape index (κ1) is 27.0. The first-order valence-corrected chi connectivity index (χ1v) is 14.1. The van der Waals surface area contributed by atoms with Crippen molar-refractivity contribution in [3.63, 3.8) is 0 Å². The highest BCUT2D eigenvalue weighted by Gasteiger charge is 2.43. The third-order valence-electron chi connectivity index (χ3n) is 8.88. The molecule has 9 nitrogen and oxygen atoms in total. The largest absolute Gasteiger partial charge is 0.508 e. The van der Waals surface area contributed by atoms with Gasteiger partial charge in [0.05, 0.1) is 29.6 Å². The fraction of sp³-hybridized carbons (Fsp3) is 0.344. The molecule has 6 rings (SSSR count). The van der Waals surface area contributed by atoms with E-state index in [1.165, 1.54) is 0 Å². The van der Waals surface area contributed by atoms with Gasteiger partial charge in [-0.2, -0.15) is 0 Å². The number of rotatable bonds is 7. The predicted molar refractivity (Wildman–Crippen MR) is 156 cm³/mol. The summed E-state index contributed by atoms with van der Waals surface area (Å²) in [4.78, 5) is 17.6. The molecule has 7 N–H and O–H groups in total. The number of aliphatic hydroxyl groups excluding tert-OH is 1. The highest BCUT2D eigenvalue weighted by atomic mass is 16.3. The maximum Gasteiger partial charge on any atom is 0.256 e. The van der Waals surface area contributed by atoms with Crippen molar-refractivity contribution in [2.75, 3.05) is 5.73 Å². The van der Waals surface area contributed by atoms with Gasteiger partial charge in [-0.25, -0.2) is 4.98 Å². The molecule has 2 aromatic heterocycles. The minimum atomic E-state index is -1.69. The van der Waals surface area contributed by atoms with Crippen LogP contribution in [0.25, 0.3) is 22.3 Å². The van der Waals surface area contributed by atoms with Crippen LogP contribution in [0.3, 0.4) is 0 Å². The number of aliphatic hydroxyl groups is 2. The zero-order valence-electron chi connectivity index (χ0n) is 23.2. The number of nitrogen functional groups attached to an aromatic ring is 1. The number of nitrogens with two attached hydrogens (primary N) is 1. The molecule has 0 spiro atoms. The SMILES string of the molecule is CC[C@@]1(O)C(=O)NCc2c1cc1n(c2=N)Cc2cc3c(CC(CCc4ccc(N)cc4)C(C)O)c(O)ccc3nc2-1. The number of nitrogens with one attached hydrogen (secondary N) is 2. The van der Waals surface area contributed by atoms with Crippen LogP contribution >= 0.6 is 0 Å². The molecule has 4 heterocycles. The van der Waals surface area contributed by atoms with Crippen LogP contribution in [0.1, 0.15) is 54.5 Å². The molecular formula is C32H35N5O4. The monoisotopic (exact) mass is 553 g/mol. The van der Waals surface area contributed by atoms with E-state index >= 15 is 0 Å². The molecule has 0 fully saturated rings. The number of pyridine rings is 2. The van der Waals surface area contributed by atoms with E-state index in [2.05, 4.69) is 5.32 Å². The van der Waals surface area contributed by atoms with Gasteiger partial charge in [0, 0.05) is 39.9 Å². The van der Waals surface area contributed by atoms with Gasteiger partial charge in [-0.3, -0.25) is 10.2 Å². The van der Waals surface area contributed by atoms with Gasteiger partial charge in [-0.05, 0) is 80.5 Å². The molecule has 212 valence electrons. The number of aromatic hydroxyl groups is 1. The number of fused-ring (bicyclic) bond motifs is 5. The summed E-state index contributed by atoms with van der Waals surface area (Å²) in [5.74, 6) is -0.382. The van der Waals surface area contributed by atoms with E-state index in [0.717, 1.165) is 34.9 Å². The number of benzene rings is 2. The first-order chi connectivity index (χ1) is 19.6. The standard InChI is InChI=1S/C32H35N5O4/c1-3-32(41)25-14-27-29-20(16-37(27)30(34)24(25)15-35-31(32)40)13-22-23(28(39)11-10-26(22)36-29)12-19(17(2)38)7-4-18-5-8-21(33)9-6-18/h5-6,8-11,13-14,17,19,34,38-39,41H,3-4,7,12,15-16,33H2,1-2H3,(H,35,40)/t17?,19?,32-/m0/s1. The quantitative estimate of drug-likeness (QED) is 0.170. The molecule has 0 saturated heterocycles. The summed E-state index contributed by atoms with van der Waals surface area (Å²) < 4.78 is 1.85. The van der Waals surface area contributed by atoms with Gasteiger partial charge in [0.25, 0.3) is 5.91 Å². The lowest BCUT2D eigenvalue weighted by molar-refractivity contribution is -0.142. The Morgan fingerprint density at radius 1 is 1.20 bits per heavy atom. The molecule has 2 aromatic carbocycles. The Balaban J connectivity index is 1.38. The van der Waals surface area contributed by atoms with Crippen molar-refractivity contribution >= 4 is 22.5 Å². The molecule has 0 bridgehead atoms. The summed E-state index contributed by atoms with van der Waals surface area (Å²) in [7, 11) is 0. The zero-order chi connectivity index (χ0) is 29.1. The second kappa shape index (κ2) is 10.0. The fourth-order valence-electron chi connectivity index (χ4n) is 6.28. The highest BCUT2D eigenvalue weighted by Crippen LogP contribution is 2.39. The van der Waals surface area contributed by atoms with Crippen molar-refractivity contribution in [2.45, 2.75) is 64.3 Å². The number of phenols is 1. The number of hydrogen-bond acceptors (Lipinski definition) is 7. The minimum Gasteiger partial charge on any atom is -0.508 e. The molecule has 9 heteroatoms. The predicted octanol–water partition coefficient (Wildman–Crippen LogP) is 3.23. The van der Waals surface area contributed by atoms with Crippen molar-refractivity contribution in [3.8, 4) is 17.1 Å². The molecule has 0 aliphatic carbocycles. The van der Waals surface area contributed by atoms with Gasteiger partial charge < -0.3 is 30.9 Å². The van der Waals surface area contributed by atoms with E-state index in [1.54, 1.807) is 26.0 Å². The number of carbonyl (C=O) groups is 1. The van der Waals surface area contributed by atoms with Gasteiger partial charge in [-0.1, -0.05) is 19.1 Å². The molecule has 4 aromatic rings. The number of aryl methyl sites for hydroxylation is 1.